The van der Waals surface area contributed by atoms with E-state index in [1.165, 1.54) is 21.6 Å². The molecule has 1 amide bonds. The Hall–Kier alpha value is -4.32. The zero-order chi connectivity index (χ0) is 23.8. The van der Waals surface area contributed by atoms with Crippen LogP contribution in [0.3, 0.4) is 0 Å². The predicted octanol–water partition coefficient (Wildman–Crippen LogP) is 2.98. The Balaban J connectivity index is 1.66. The third-order valence-electron chi connectivity index (χ3n) is 4.86. The molecule has 0 aliphatic carbocycles. The molecule has 9 nitrogen and oxygen atoms in total. The number of anilines is 1. The van der Waals surface area contributed by atoms with Gasteiger partial charge in [0.1, 0.15) is 5.75 Å². The van der Waals surface area contributed by atoms with Crippen molar-refractivity contribution in [3.63, 3.8) is 0 Å². The molecule has 33 heavy (non-hydrogen) atoms. The Bertz CT molecular complexity index is 1200. The molecular weight excluding hydrogens is 424 g/mol. The first-order chi connectivity index (χ1) is 15.9. The highest BCUT2D eigenvalue weighted by Crippen LogP contribution is 2.20. The summed E-state index contributed by atoms with van der Waals surface area (Å²) in [5, 5.41) is 8.93. The normalized spacial score (nSPS) is 10.3. The van der Waals surface area contributed by atoms with Gasteiger partial charge in [-0.05, 0) is 62.4 Å². The minimum atomic E-state index is -0.667. The average Bonchev–Trinajstić information content (AvgIpc) is 3.16. The number of imidazole rings is 1. The lowest BCUT2D eigenvalue weighted by Crippen LogP contribution is -2.35. The van der Waals surface area contributed by atoms with Crippen molar-refractivity contribution in [2.24, 2.45) is 0 Å². The molecule has 0 bridgehead atoms. The van der Waals surface area contributed by atoms with E-state index in [4.69, 9.17) is 14.7 Å². The standard InChI is InChI=1S/C24H24N4O5/c1-3-32-21-11-9-19(10-12-21)27(14-4-13-25)22(29)16-33-23(30)18-5-7-20(8-6-18)28-17(2)15-26-24(28)31/h5-12,15H,3-4,14,16H2,1-2H3,(H,26,31). The van der Waals surface area contributed by atoms with Crippen LogP contribution in [0.25, 0.3) is 5.69 Å². The summed E-state index contributed by atoms with van der Waals surface area (Å²) in [5.41, 5.74) is 1.88. The fourth-order valence-corrected chi connectivity index (χ4v) is 3.26. The van der Waals surface area contributed by atoms with Gasteiger partial charge in [-0.1, -0.05) is 0 Å². The van der Waals surface area contributed by atoms with E-state index >= 15 is 0 Å². The number of esters is 1. The van der Waals surface area contributed by atoms with Gasteiger partial charge < -0.3 is 19.4 Å². The first-order valence-electron chi connectivity index (χ1n) is 10.4. The summed E-state index contributed by atoms with van der Waals surface area (Å²) in [4.78, 5) is 41.1. The molecule has 1 aromatic heterocycles. The number of carbonyl (C=O) groups is 2. The van der Waals surface area contributed by atoms with Gasteiger partial charge in [-0.2, -0.15) is 5.26 Å². The molecule has 0 saturated heterocycles. The van der Waals surface area contributed by atoms with Crippen LogP contribution in [0.1, 0.15) is 29.4 Å². The van der Waals surface area contributed by atoms with Crippen molar-refractivity contribution in [1.29, 1.82) is 5.26 Å². The van der Waals surface area contributed by atoms with E-state index in [1.807, 2.05) is 13.0 Å². The second-order valence-corrected chi connectivity index (χ2v) is 7.07. The number of rotatable bonds is 9. The molecule has 2 aromatic carbocycles. The van der Waals surface area contributed by atoms with E-state index in [-0.39, 0.29) is 24.2 Å². The molecule has 3 rings (SSSR count). The Labute approximate surface area is 190 Å². The van der Waals surface area contributed by atoms with Gasteiger partial charge in [-0.25, -0.2) is 9.59 Å². The smallest absolute Gasteiger partial charge is 0.338 e. The van der Waals surface area contributed by atoms with Gasteiger partial charge >= 0.3 is 11.7 Å². The second kappa shape index (κ2) is 10.8. The van der Waals surface area contributed by atoms with Crippen molar-refractivity contribution in [3.8, 4) is 17.5 Å². The highest BCUT2D eigenvalue weighted by molar-refractivity contribution is 5.97. The van der Waals surface area contributed by atoms with Gasteiger partial charge in [0.25, 0.3) is 5.91 Å². The zero-order valence-electron chi connectivity index (χ0n) is 18.4. The molecular formula is C24H24N4O5. The Morgan fingerprint density at radius 1 is 1.12 bits per heavy atom. The quantitative estimate of drug-likeness (QED) is 0.503. The lowest BCUT2D eigenvalue weighted by molar-refractivity contribution is -0.121. The van der Waals surface area contributed by atoms with Gasteiger partial charge in [0.05, 0.1) is 30.3 Å². The molecule has 0 aliphatic rings. The highest BCUT2D eigenvalue weighted by atomic mass is 16.5. The maximum atomic E-state index is 12.7. The zero-order valence-corrected chi connectivity index (χ0v) is 18.4. The minimum absolute atomic E-state index is 0.131. The number of ether oxygens (including phenoxy) is 2. The molecule has 0 atom stereocenters. The average molecular weight is 448 g/mol. The Morgan fingerprint density at radius 3 is 2.39 bits per heavy atom. The fraction of sp³-hybridized carbons (Fsp3) is 0.250. The SMILES string of the molecule is CCOc1ccc(N(CCC#N)C(=O)COC(=O)c2ccc(-n3c(C)c[nH]c3=O)cc2)cc1. The number of aromatic amines is 1. The van der Waals surface area contributed by atoms with Crippen LogP contribution < -0.4 is 15.3 Å². The number of nitrogens with zero attached hydrogens (tertiary/aromatic N) is 3. The first-order valence-corrected chi connectivity index (χ1v) is 10.4. The number of hydrogen-bond donors (Lipinski definition) is 1. The lowest BCUT2D eigenvalue weighted by atomic mass is 10.2. The summed E-state index contributed by atoms with van der Waals surface area (Å²) in [5.74, 6) is -0.449. The number of carbonyl (C=O) groups excluding carboxylic acids is 2. The molecule has 1 heterocycles. The number of nitriles is 1. The molecule has 0 radical (unpaired) electrons. The number of nitrogens with one attached hydrogen (secondary N) is 1. The molecule has 0 saturated carbocycles. The first kappa shape index (κ1) is 23.3. The van der Waals surface area contributed by atoms with Crippen LogP contribution in [0.5, 0.6) is 5.75 Å². The van der Waals surface area contributed by atoms with Crippen LogP contribution in [0.15, 0.2) is 59.5 Å². The van der Waals surface area contributed by atoms with E-state index in [0.29, 0.717) is 23.7 Å². The van der Waals surface area contributed by atoms with E-state index < -0.39 is 18.5 Å². The van der Waals surface area contributed by atoms with E-state index in [1.54, 1.807) is 49.5 Å². The van der Waals surface area contributed by atoms with Crippen LogP contribution in [0.2, 0.25) is 0 Å². The molecule has 170 valence electrons. The van der Waals surface area contributed by atoms with E-state index in [9.17, 15) is 14.4 Å². The van der Waals surface area contributed by atoms with Crippen molar-refractivity contribution in [1.82, 2.24) is 9.55 Å². The monoisotopic (exact) mass is 448 g/mol. The Kier molecular flexibility index (Phi) is 7.65. The third-order valence-corrected chi connectivity index (χ3v) is 4.86. The predicted molar refractivity (Wildman–Crippen MR) is 122 cm³/mol. The van der Waals surface area contributed by atoms with Crippen LogP contribution in [-0.2, 0) is 9.53 Å². The molecule has 0 fully saturated rings. The highest BCUT2D eigenvalue weighted by Gasteiger charge is 2.18. The maximum absolute atomic E-state index is 12.7. The largest absolute Gasteiger partial charge is 0.494 e. The molecule has 9 heteroatoms. The molecule has 0 spiro atoms. The fourth-order valence-electron chi connectivity index (χ4n) is 3.26. The van der Waals surface area contributed by atoms with E-state index in [2.05, 4.69) is 4.98 Å². The second-order valence-electron chi connectivity index (χ2n) is 7.07. The van der Waals surface area contributed by atoms with Crippen molar-refractivity contribution in [2.75, 3.05) is 24.7 Å². The summed E-state index contributed by atoms with van der Waals surface area (Å²) in [7, 11) is 0. The maximum Gasteiger partial charge on any atom is 0.338 e. The van der Waals surface area contributed by atoms with Crippen molar-refractivity contribution in [3.05, 3.63) is 76.5 Å². The number of aromatic nitrogens is 2. The number of benzene rings is 2. The molecule has 3 aromatic rings. The summed E-state index contributed by atoms with van der Waals surface area (Å²) >= 11 is 0. The van der Waals surface area contributed by atoms with Gasteiger partial charge in [0.2, 0.25) is 0 Å². The molecule has 0 aliphatic heterocycles. The van der Waals surface area contributed by atoms with Gasteiger partial charge in [-0.15, -0.1) is 0 Å². The van der Waals surface area contributed by atoms with E-state index in [0.717, 1.165) is 5.69 Å². The summed E-state index contributed by atoms with van der Waals surface area (Å²) in [6.07, 6.45) is 1.73. The third kappa shape index (κ3) is 5.68. The van der Waals surface area contributed by atoms with Crippen molar-refractivity contribution < 1.29 is 19.1 Å². The molecule has 1 N–H and O–H groups in total. The van der Waals surface area contributed by atoms with Crippen molar-refractivity contribution in [2.45, 2.75) is 20.3 Å². The van der Waals surface area contributed by atoms with Crippen LogP contribution >= 0.6 is 0 Å². The van der Waals surface area contributed by atoms with Crippen molar-refractivity contribution >= 4 is 17.6 Å². The topological polar surface area (TPSA) is 117 Å². The number of hydrogen-bond acceptors (Lipinski definition) is 6. The molecule has 0 unspecified atom stereocenters. The summed E-state index contributed by atoms with van der Waals surface area (Å²) < 4.78 is 12.1. The van der Waals surface area contributed by atoms with Gasteiger partial charge in [0.15, 0.2) is 6.61 Å². The Morgan fingerprint density at radius 2 is 1.82 bits per heavy atom. The van der Waals surface area contributed by atoms with Gasteiger partial charge in [-0.3, -0.25) is 9.36 Å². The summed E-state index contributed by atoms with van der Waals surface area (Å²) in [6, 6.07) is 15.2. The summed E-state index contributed by atoms with van der Waals surface area (Å²) in [6.45, 7) is 3.87. The lowest BCUT2D eigenvalue weighted by Gasteiger charge is -2.22. The number of H-pyrrole nitrogens is 1. The van der Waals surface area contributed by atoms with Crippen LogP contribution in [0, 0.1) is 18.3 Å². The van der Waals surface area contributed by atoms with Crippen LogP contribution in [-0.4, -0.2) is 41.2 Å². The minimum Gasteiger partial charge on any atom is -0.494 e. The number of aryl methyl sites for hydroxylation is 1. The van der Waals surface area contributed by atoms with Gasteiger partial charge in [0, 0.05) is 24.1 Å². The van der Waals surface area contributed by atoms with Crippen LogP contribution in [0.4, 0.5) is 5.69 Å². The number of amides is 1.